The molecule has 4 N–H and O–H groups in total. The Labute approximate surface area is 275 Å². The highest BCUT2D eigenvalue weighted by atomic mass is 16.6. The zero-order valence-electron chi connectivity index (χ0n) is 28.1. The number of rotatable bonds is 9. The summed E-state index contributed by atoms with van der Waals surface area (Å²) in [4.78, 5) is 34.9. The number of aliphatic carboxylic acids is 1. The highest BCUT2D eigenvalue weighted by Crippen LogP contribution is 2.78. The molecular formula is C36H48N4O7. The second kappa shape index (κ2) is 10.2. The van der Waals surface area contributed by atoms with E-state index in [4.69, 9.17) is 14.2 Å². The molecule has 2 aliphatic heterocycles. The van der Waals surface area contributed by atoms with Crippen molar-refractivity contribution in [2.45, 2.75) is 114 Å². The summed E-state index contributed by atoms with van der Waals surface area (Å²) >= 11 is 0. The maximum atomic E-state index is 13.3. The van der Waals surface area contributed by atoms with Crippen molar-refractivity contribution in [3.8, 4) is 11.5 Å². The molecule has 11 heteroatoms. The third kappa shape index (κ3) is 4.18. The Balaban J connectivity index is 1.21. The number of aliphatic hydroxyl groups is 1. The number of H-pyrrole nitrogens is 1. The number of nitrogens with zero attached hydrogens (tertiary/aromatic N) is 2. The molecule has 1 aromatic heterocycles. The number of amides is 1. The van der Waals surface area contributed by atoms with E-state index in [-0.39, 0.29) is 35.0 Å². The van der Waals surface area contributed by atoms with Gasteiger partial charge in [-0.3, -0.25) is 4.90 Å². The van der Waals surface area contributed by atoms with E-state index in [1.54, 1.807) is 13.2 Å². The lowest BCUT2D eigenvalue weighted by Crippen LogP contribution is -2.83. The van der Waals surface area contributed by atoms with Gasteiger partial charge >= 0.3 is 12.1 Å². The Hall–Kier alpha value is -3.15. The number of fused-ring (bicyclic) bond motifs is 2. The molecule has 254 valence electrons. The fraction of sp³-hybridized carbons (Fsp3) is 0.694. The Kier molecular flexibility index (Phi) is 6.75. The predicted molar refractivity (Wildman–Crippen MR) is 171 cm³/mol. The summed E-state index contributed by atoms with van der Waals surface area (Å²) in [6.45, 7) is 10.4. The molecular weight excluding hydrogens is 600 g/mol. The zero-order valence-corrected chi connectivity index (χ0v) is 28.1. The number of carbonyl (C=O) groups is 2. The number of ether oxygens (including phenoxy) is 3. The van der Waals surface area contributed by atoms with E-state index in [0.717, 1.165) is 56.7 Å². The number of hydrogen-bond acceptors (Lipinski definition) is 8. The van der Waals surface area contributed by atoms with Crippen LogP contribution in [0.4, 0.5) is 4.79 Å². The number of aromatic amines is 1. The van der Waals surface area contributed by atoms with Crippen LogP contribution in [-0.2, 0) is 27.8 Å². The molecule has 5 fully saturated rings. The number of likely N-dealkylation sites (tertiary alicyclic amines) is 1. The van der Waals surface area contributed by atoms with Gasteiger partial charge in [0.1, 0.15) is 17.7 Å². The molecule has 3 heterocycles. The largest absolute Gasteiger partial charge is 0.482 e. The average Bonchev–Trinajstić information content (AvgIpc) is 3.53. The van der Waals surface area contributed by atoms with Gasteiger partial charge in [-0.05, 0) is 81.4 Å². The number of carboxylic acids is 1. The summed E-state index contributed by atoms with van der Waals surface area (Å²) in [7, 11) is 1.77. The SMILES string of the molecule is CO[C@]12CC[C@@]3(C[C@@H]1[C@](C)(O)C(C)(C)C)[C@H]1Cc4ccc(OC(=O)N[C@@H](Cc5cnc[nH]5)C(=O)O)c5c4[C@@]3(CCN1CC1CC1)[C@H]2O5. The normalized spacial score (nSPS) is 35.4. The molecule has 1 saturated heterocycles. The number of methoxy groups -OCH3 is 1. The first kappa shape index (κ1) is 31.1. The van der Waals surface area contributed by atoms with E-state index in [1.807, 2.05) is 6.92 Å². The van der Waals surface area contributed by atoms with Gasteiger partial charge in [-0.1, -0.05) is 26.8 Å². The zero-order chi connectivity index (χ0) is 33.1. The van der Waals surface area contributed by atoms with Gasteiger partial charge in [-0.2, -0.15) is 0 Å². The first-order valence-electron chi connectivity index (χ1n) is 17.3. The molecule has 5 aliphatic carbocycles. The highest BCUT2D eigenvalue weighted by Gasteiger charge is 2.82. The summed E-state index contributed by atoms with van der Waals surface area (Å²) in [6, 6.07) is 3.00. The number of carbonyl (C=O) groups excluding carboxylic acids is 1. The van der Waals surface area contributed by atoms with E-state index in [9.17, 15) is 19.8 Å². The lowest BCUT2D eigenvalue weighted by molar-refractivity contribution is -0.312. The summed E-state index contributed by atoms with van der Waals surface area (Å²) in [5.74, 6) is 0.283. The van der Waals surface area contributed by atoms with Gasteiger partial charge in [-0.15, -0.1) is 0 Å². The van der Waals surface area contributed by atoms with Gasteiger partial charge in [0.05, 0.1) is 11.9 Å². The van der Waals surface area contributed by atoms with Crippen LogP contribution in [0.25, 0.3) is 0 Å². The molecule has 0 radical (unpaired) electrons. The molecule has 7 aliphatic rings. The minimum absolute atomic E-state index is 0.0376. The van der Waals surface area contributed by atoms with E-state index >= 15 is 0 Å². The fourth-order valence-corrected chi connectivity index (χ4v) is 10.7. The smallest absolute Gasteiger partial charge is 0.413 e. The van der Waals surface area contributed by atoms with Crippen LogP contribution in [0.15, 0.2) is 24.7 Å². The predicted octanol–water partition coefficient (Wildman–Crippen LogP) is 4.22. The summed E-state index contributed by atoms with van der Waals surface area (Å²) in [5, 5.41) is 24.8. The van der Waals surface area contributed by atoms with Crippen LogP contribution >= 0.6 is 0 Å². The van der Waals surface area contributed by atoms with Crippen LogP contribution in [-0.4, -0.2) is 86.7 Å². The molecule has 9 rings (SSSR count). The van der Waals surface area contributed by atoms with Crippen LogP contribution in [0.1, 0.15) is 83.0 Å². The van der Waals surface area contributed by atoms with Crippen LogP contribution in [0, 0.1) is 22.7 Å². The van der Waals surface area contributed by atoms with Crippen molar-refractivity contribution in [1.29, 1.82) is 0 Å². The van der Waals surface area contributed by atoms with Gasteiger partial charge in [-0.25, -0.2) is 14.6 Å². The van der Waals surface area contributed by atoms with Crippen LogP contribution in [0.5, 0.6) is 11.5 Å². The molecule has 4 bridgehead atoms. The number of imidazole rings is 1. The monoisotopic (exact) mass is 648 g/mol. The van der Waals surface area contributed by atoms with E-state index in [1.165, 1.54) is 30.9 Å². The third-order valence-electron chi connectivity index (χ3n) is 13.6. The quantitative estimate of drug-likeness (QED) is 0.314. The average molecular weight is 649 g/mol. The minimum Gasteiger partial charge on any atom is -0.482 e. The van der Waals surface area contributed by atoms with Crippen molar-refractivity contribution in [1.82, 2.24) is 20.2 Å². The number of aromatic nitrogens is 2. The maximum absolute atomic E-state index is 13.3. The maximum Gasteiger partial charge on any atom is 0.413 e. The molecule has 4 saturated carbocycles. The number of hydrogen-bond donors (Lipinski definition) is 4. The lowest BCUT2D eigenvalue weighted by Gasteiger charge is -2.75. The first-order valence-corrected chi connectivity index (χ1v) is 17.3. The summed E-state index contributed by atoms with van der Waals surface area (Å²) in [5.41, 5.74) is 0.290. The summed E-state index contributed by atoms with van der Waals surface area (Å²) in [6.07, 6.45) is 8.84. The van der Waals surface area contributed by atoms with Gasteiger partial charge in [0, 0.05) is 60.3 Å². The Bertz CT molecular complexity index is 1600. The van der Waals surface area contributed by atoms with Crippen molar-refractivity contribution in [3.63, 3.8) is 0 Å². The third-order valence-corrected chi connectivity index (χ3v) is 13.6. The lowest BCUT2D eigenvalue weighted by atomic mass is 9.33. The minimum atomic E-state index is -1.20. The van der Waals surface area contributed by atoms with Crippen molar-refractivity contribution in [2.75, 3.05) is 20.2 Å². The Morgan fingerprint density at radius 1 is 1.21 bits per heavy atom. The van der Waals surface area contributed by atoms with Gasteiger partial charge in [0.15, 0.2) is 11.5 Å². The fourth-order valence-electron chi connectivity index (χ4n) is 10.7. The molecule has 47 heavy (non-hydrogen) atoms. The molecule has 0 unspecified atom stereocenters. The van der Waals surface area contributed by atoms with Gasteiger partial charge in [0.2, 0.25) is 0 Å². The highest BCUT2D eigenvalue weighted by molar-refractivity contribution is 5.81. The van der Waals surface area contributed by atoms with Crippen molar-refractivity contribution >= 4 is 12.1 Å². The molecule has 8 atom stereocenters. The number of nitrogens with one attached hydrogen (secondary N) is 2. The molecule has 11 nitrogen and oxygen atoms in total. The van der Waals surface area contributed by atoms with Gasteiger partial charge in [0.25, 0.3) is 0 Å². The standard InChI is InChI=1S/C36H48N4O7/c1-32(2,3)33(4,44)25-16-34-10-11-36(25,45-5)30-35(34)12-13-40(18-20-6-7-20)26(34)14-21-8-9-24(28(47-30)27(21)35)46-31(43)39-23(29(41)42)15-22-17-37-19-38-22/h8-9,17,19-20,23,25-26,30,44H,6-7,10-16,18H2,1-5H3,(H,37,38)(H,39,43)(H,41,42)/t23-,25+,26+,30+,33-,34+,35-,36+/m0/s1. The summed E-state index contributed by atoms with van der Waals surface area (Å²) < 4.78 is 19.7. The molecule has 1 aromatic carbocycles. The van der Waals surface area contributed by atoms with Crippen molar-refractivity contribution < 1.29 is 34.0 Å². The topological polar surface area (TPSA) is 146 Å². The molecule has 1 amide bonds. The van der Waals surface area contributed by atoms with Crippen LogP contribution in [0.2, 0.25) is 0 Å². The number of carboxylic acid groups (broad SMARTS) is 1. The Morgan fingerprint density at radius 3 is 2.66 bits per heavy atom. The van der Waals surface area contributed by atoms with Gasteiger partial charge < -0.3 is 34.7 Å². The second-order valence-electron chi connectivity index (χ2n) is 16.5. The van der Waals surface area contributed by atoms with E-state index in [2.05, 4.69) is 47.0 Å². The number of piperidine rings is 1. The number of benzene rings is 1. The van der Waals surface area contributed by atoms with Crippen molar-refractivity contribution in [2.24, 2.45) is 22.7 Å². The van der Waals surface area contributed by atoms with Crippen molar-refractivity contribution in [3.05, 3.63) is 41.5 Å². The van der Waals surface area contributed by atoms with Crippen LogP contribution in [0.3, 0.4) is 0 Å². The van der Waals surface area contributed by atoms with Crippen LogP contribution < -0.4 is 14.8 Å². The van der Waals surface area contributed by atoms with E-state index < -0.39 is 34.7 Å². The Morgan fingerprint density at radius 2 is 2.00 bits per heavy atom. The first-order chi connectivity index (χ1) is 22.3. The van der Waals surface area contributed by atoms with E-state index in [0.29, 0.717) is 17.5 Å². The molecule has 2 spiro atoms. The second-order valence-corrected chi connectivity index (χ2v) is 16.5. The molecule has 2 aromatic rings.